The Morgan fingerprint density at radius 2 is 2.12 bits per heavy atom. The first-order valence-electron chi connectivity index (χ1n) is 8.02. The lowest BCUT2D eigenvalue weighted by molar-refractivity contribution is -0.128. The van der Waals surface area contributed by atoms with E-state index in [1.807, 2.05) is 0 Å². The molecule has 1 aromatic rings. The topological polar surface area (TPSA) is 50.8 Å². The fraction of sp³-hybridized carbons (Fsp3) is 0.588. The van der Waals surface area contributed by atoms with Gasteiger partial charge < -0.3 is 14.8 Å². The lowest BCUT2D eigenvalue weighted by Crippen LogP contribution is -2.56. The number of benzene rings is 1. The van der Waals surface area contributed by atoms with E-state index in [0.29, 0.717) is 16.8 Å². The molecule has 1 aliphatic heterocycles. The second-order valence-corrected chi connectivity index (χ2v) is 7.32. The van der Waals surface area contributed by atoms with E-state index in [0.717, 1.165) is 26.3 Å². The number of hydrogen-bond donors (Lipinski definition) is 1. The highest BCUT2D eigenvalue weighted by Gasteiger charge is 2.29. The van der Waals surface area contributed by atoms with E-state index in [2.05, 4.69) is 40.0 Å². The molecule has 0 aliphatic carbocycles. The van der Waals surface area contributed by atoms with Crippen LogP contribution < -0.4 is 10.1 Å². The Kier molecular flexibility index (Phi) is 6.60. The fourth-order valence-corrected chi connectivity index (χ4v) is 2.99. The summed E-state index contributed by atoms with van der Waals surface area (Å²) < 4.78 is 24.6. The van der Waals surface area contributed by atoms with Crippen LogP contribution in [0, 0.1) is 5.82 Å². The monoisotopic (exact) mass is 402 g/mol. The molecule has 1 amide bonds. The maximum absolute atomic E-state index is 13.1. The lowest BCUT2D eigenvalue weighted by atomic mass is 10.0. The van der Waals surface area contributed by atoms with Crippen LogP contribution in [0.5, 0.6) is 5.75 Å². The number of hydrogen-bond acceptors (Lipinski definition) is 4. The number of morpholine rings is 1. The van der Waals surface area contributed by atoms with Crippen molar-refractivity contribution in [1.29, 1.82) is 0 Å². The summed E-state index contributed by atoms with van der Waals surface area (Å²) in [6, 6.07) is 4.11. The Labute approximate surface area is 150 Å². The summed E-state index contributed by atoms with van der Waals surface area (Å²) in [5.74, 6) is -0.127. The number of nitrogens with one attached hydrogen (secondary N) is 1. The maximum Gasteiger partial charge on any atom is 0.260 e. The zero-order valence-electron chi connectivity index (χ0n) is 14.3. The molecule has 5 nitrogen and oxygen atoms in total. The lowest BCUT2D eigenvalue weighted by Gasteiger charge is -2.41. The predicted octanol–water partition coefficient (Wildman–Crippen LogP) is 2.58. The Morgan fingerprint density at radius 1 is 1.46 bits per heavy atom. The Morgan fingerprint density at radius 3 is 2.75 bits per heavy atom. The summed E-state index contributed by atoms with van der Waals surface area (Å²) in [6.07, 6.45) is -0.674. The van der Waals surface area contributed by atoms with Crippen molar-refractivity contribution < 1.29 is 18.7 Å². The molecule has 1 aliphatic rings. The van der Waals surface area contributed by atoms with Crippen molar-refractivity contribution in [3.05, 3.63) is 28.5 Å². The molecule has 1 N–H and O–H groups in total. The van der Waals surface area contributed by atoms with Crippen LogP contribution in [0.3, 0.4) is 0 Å². The van der Waals surface area contributed by atoms with Crippen LogP contribution in [0.4, 0.5) is 4.39 Å². The highest BCUT2D eigenvalue weighted by Crippen LogP contribution is 2.26. The molecule has 0 bridgehead atoms. The van der Waals surface area contributed by atoms with Crippen molar-refractivity contribution in [2.45, 2.75) is 32.4 Å². The standard InChI is InChI=1S/C17H24BrFN2O3/c1-12(24-15-5-4-13(19)10-14(15)18)16(22)20-11-17(2,3)21-6-8-23-9-7-21/h4-5,10,12H,6-9,11H2,1-3H3,(H,20,22). The van der Waals surface area contributed by atoms with Gasteiger partial charge in [0.1, 0.15) is 11.6 Å². The summed E-state index contributed by atoms with van der Waals surface area (Å²) in [5.41, 5.74) is -0.157. The number of nitrogens with zero attached hydrogens (tertiary/aromatic N) is 1. The molecule has 2 rings (SSSR count). The molecule has 24 heavy (non-hydrogen) atoms. The molecule has 0 saturated carbocycles. The van der Waals surface area contributed by atoms with Gasteiger partial charge in [-0.25, -0.2) is 4.39 Å². The Hall–Kier alpha value is -1.18. The molecule has 0 spiro atoms. The number of halogens is 2. The van der Waals surface area contributed by atoms with Gasteiger partial charge in [-0.3, -0.25) is 9.69 Å². The molecule has 7 heteroatoms. The number of ether oxygens (including phenoxy) is 2. The van der Waals surface area contributed by atoms with E-state index in [4.69, 9.17) is 9.47 Å². The second-order valence-electron chi connectivity index (χ2n) is 6.46. The molecule has 0 radical (unpaired) electrons. The minimum absolute atomic E-state index is 0.157. The third kappa shape index (κ3) is 5.16. The third-order valence-corrected chi connectivity index (χ3v) is 4.75. The summed E-state index contributed by atoms with van der Waals surface area (Å²) in [5, 5.41) is 2.94. The van der Waals surface area contributed by atoms with E-state index in [9.17, 15) is 9.18 Å². The van der Waals surface area contributed by atoms with E-state index >= 15 is 0 Å². The molecule has 1 fully saturated rings. The summed E-state index contributed by atoms with van der Waals surface area (Å²) in [7, 11) is 0. The average Bonchev–Trinajstić information content (AvgIpc) is 2.56. The van der Waals surface area contributed by atoms with Gasteiger partial charge in [0, 0.05) is 25.2 Å². The normalized spacial score (nSPS) is 17.4. The van der Waals surface area contributed by atoms with Crippen LogP contribution in [0.15, 0.2) is 22.7 Å². The SMILES string of the molecule is CC(Oc1ccc(F)cc1Br)C(=O)NCC(C)(C)N1CCOCC1. The average molecular weight is 403 g/mol. The second kappa shape index (κ2) is 8.27. The summed E-state index contributed by atoms with van der Waals surface area (Å²) in [4.78, 5) is 14.6. The summed E-state index contributed by atoms with van der Waals surface area (Å²) in [6.45, 7) is 9.54. The molecule has 134 valence electrons. The van der Waals surface area contributed by atoms with Gasteiger partial charge in [-0.2, -0.15) is 0 Å². The van der Waals surface area contributed by atoms with Gasteiger partial charge in [-0.05, 0) is 54.9 Å². The van der Waals surface area contributed by atoms with Crippen molar-refractivity contribution in [2.24, 2.45) is 0 Å². The predicted molar refractivity (Wildman–Crippen MR) is 93.7 cm³/mol. The van der Waals surface area contributed by atoms with Crippen LogP contribution in [0.1, 0.15) is 20.8 Å². The first-order valence-corrected chi connectivity index (χ1v) is 8.81. The molecule has 1 atom stereocenters. The van der Waals surface area contributed by atoms with Gasteiger partial charge in [0.15, 0.2) is 6.10 Å². The number of rotatable bonds is 6. The molecule has 1 aromatic carbocycles. The van der Waals surface area contributed by atoms with Gasteiger partial charge in [-0.1, -0.05) is 0 Å². The van der Waals surface area contributed by atoms with Crippen LogP contribution in [0.25, 0.3) is 0 Å². The first-order chi connectivity index (χ1) is 11.3. The minimum Gasteiger partial charge on any atom is -0.480 e. The van der Waals surface area contributed by atoms with Crippen molar-refractivity contribution in [2.75, 3.05) is 32.8 Å². The van der Waals surface area contributed by atoms with Gasteiger partial charge >= 0.3 is 0 Å². The fourth-order valence-electron chi connectivity index (χ4n) is 2.54. The van der Waals surface area contributed by atoms with Crippen molar-refractivity contribution in [3.8, 4) is 5.75 Å². The zero-order chi connectivity index (χ0) is 17.7. The minimum atomic E-state index is -0.674. The van der Waals surface area contributed by atoms with Gasteiger partial charge in [0.25, 0.3) is 5.91 Å². The molecule has 1 saturated heterocycles. The quantitative estimate of drug-likeness (QED) is 0.794. The van der Waals surface area contributed by atoms with Gasteiger partial charge in [0.2, 0.25) is 0 Å². The van der Waals surface area contributed by atoms with Crippen LogP contribution in [-0.4, -0.2) is 55.3 Å². The number of carbonyl (C=O) groups is 1. The zero-order valence-corrected chi connectivity index (χ0v) is 15.9. The van der Waals surface area contributed by atoms with E-state index < -0.39 is 6.10 Å². The molecule has 0 aromatic heterocycles. The largest absolute Gasteiger partial charge is 0.480 e. The van der Waals surface area contributed by atoms with E-state index in [-0.39, 0.29) is 17.3 Å². The smallest absolute Gasteiger partial charge is 0.260 e. The number of carbonyl (C=O) groups excluding carboxylic acids is 1. The first kappa shape index (κ1) is 19.1. The Bertz CT molecular complexity index is 577. The van der Waals surface area contributed by atoms with E-state index in [1.165, 1.54) is 18.2 Å². The van der Waals surface area contributed by atoms with E-state index in [1.54, 1.807) is 6.92 Å². The van der Waals surface area contributed by atoms with Gasteiger partial charge in [0.05, 0.1) is 17.7 Å². The van der Waals surface area contributed by atoms with Crippen molar-refractivity contribution in [1.82, 2.24) is 10.2 Å². The van der Waals surface area contributed by atoms with Crippen molar-refractivity contribution in [3.63, 3.8) is 0 Å². The highest BCUT2D eigenvalue weighted by atomic mass is 79.9. The van der Waals surface area contributed by atoms with Gasteiger partial charge in [-0.15, -0.1) is 0 Å². The third-order valence-electron chi connectivity index (χ3n) is 4.13. The molecule has 1 heterocycles. The van der Waals surface area contributed by atoms with Crippen LogP contribution in [0.2, 0.25) is 0 Å². The molecular weight excluding hydrogens is 379 g/mol. The molecular formula is C17H24BrFN2O3. The summed E-state index contributed by atoms with van der Waals surface area (Å²) >= 11 is 3.23. The van der Waals surface area contributed by atoms with Crippen LogP contribution in [-0.2, 0) is 9.53 Å². The molecule has 1 unspecified atom stereocenters. The number of amides is 1. The Balaban J connectivity index is 1.86. The highest BCUT2D eigenvalue weighted by molar-refractivity contribution is 9.10. The van der Waals surface area contributed by atoms with Crippen molar-refractivity contribution >= 4 is 21.8 Å². The van der Waals surface area contributed by atoms with Crippen LogP contribution >= 0.6 is 15.9 Å². The maximum atomic E-state index is 13.1.